The van der Waals surface area contributed by atoms with Crippen LogP contribution < -0.4 is 5.32 Å². The number of nitrogens with one attached hydrogen (secondary N) is 1. The van der Waals surface area contributed by atoms with E-state index in [1.807, 2.05) is 0 Å². The summed E-state index contributed by atoms with van der Waals surface area (Å²) >= 11 is 1.23. The molecule has 2 aromatic rings. The van der Waals surface area contributed by atoms with Gasteiger partial charge in [0.25, 0.3) is 0 Å². The summed E-state index contributed by atoms with van der Waals surface area (Å²) in [5.41, 5.74) is -0.0565. The van der Waals surface area contributed by atoms with Gasteiger partial charge in [-0.1, -0.05) is 0 Å². The zero-order valence-corrected chi connectivity index (χ0v) is 12.6. The quantitative estimate of drug-likeness (QED) is 0.845. The number of hydrogen-bond acceptors (Lipinski definition) is 5. The van der Waals surface area contributed by atoms with E-state index in [0.717, 1.165) is 12.1 Å². The minimum atomic E-state index is -4.37. The minimum absolute atomic E-state index is 0.210. The molecule has 118 valence electrons. The molecule has 0 saturated heterocycles. The first kappa shape index (κ1) is 16.3. The van der Waals surface area contributed by atoms with Crippen molar-refractivity contribution in [2.24, 2.45) is 0 Å². The maximum Gasteiger partial charge on any atom is 0.416 e. The molecular weight excluding hydrogens is 317 g/mol. The molecule has 0 aliphatic heterocycles. The molecule has 1 heterocycles. The van der Waals surface area contributed by atoms with Gasteiger partial charge in [-0.3, -0.25) is 0 Å². The Hall–Kier alpha value is -2.09. The molecule has 0 unspecified atom stereocenters. The Balaban J connectivity index is 2.14. The number of benzene rings is 1. The van der Waals surface area contributed by atoms with Crippen molar-refractivity contribution in [1.82, 2.24) is 4.98 Å². The first-order chi connectivity index (χ1) is 10.3. The fraction of sp³-hybridized carbons (Fsp3) is 0.286. The molecule has 0 radical (unpaired) electrons. The van der Waals surface area contributed by atoms with Crippen LogP contribution in [0.5, 0.6) is 0 Å². The third kappa shape index (κ3) is 3.76. The number of rotatable bonds is 4. The molecule has 1 N–H and O–H groups in total. The summed E-state index contributed by atoms with van der Waals surface area (Å²) in [6, 6.07) is 4.58. The summed E-state index contributed by atoms with van der Waals surface area (Å²) in [5.74, 6) is -0.517. The number of aryl methyl sites for hydroxylation is 1. The number of aromatic nitrogens is 1. The lowest BCUT2D eigenvalue weighted by atomic mass is 10.2. The fourth-order valence-corrected chi connectivity index (χ4v) is 2.53. The summed E-state index contributed by atoms with van der Waals surface area (Å²) in [7, 11) is 0. The Labute approximate surface area is 128 Å². The SMILES string of the molecule is CCOC(=O)c1nc(Nc2ccc(C(F)(F)F)cc2)sc1C. The molecule has 0 spiro atoms. The number of halogens is 3. The van der Waals surface area contributed by atoms with Crippen LogP contribution in [0.3, 0.4) is 0 Å². The first-order valence-corrected chi connectivity index (χ1v) is 7.21. The molecule has 1 aromatic carbocycles. The third-order valence-electron chi connectivity index (χ3n) is 2.73. The van der Waals surface area contributed by atoms with E-state index in [1.54, 1.807) is 13.8 Å². The average molecular weight is 330 g/mol. The maximum atomic E-state index is 12.5. The number of thiazole rings is 1. The number of nitrogens with zero attached hydrogens (tertiary/aromatic N) is 1. The molecule has 0 atom stereocenters. The van der Waals surface area contributed by atoms with Gasteiger partial charge < -0.3 is 10.1 Å². The molecule has 0 bridgehead atoms. The predicted octanol–water partition coefficient (Wildman–Crippen LogP) is 4.39. The van der Waals surface area contributed by atoms with E-state index in [1.165, 1.54) is 23.5 Å². The van der Waals surface area contributed by atoms with Crippen LogP contribution in [0.25, 0.3) is 0 Å². The van der Waals surface area contributed by atoms with Gasteiger partial charge in [-0.15, -0.1) is 11.3 Å². The summed E-state index contributed by atoms with van der Waals surface area (Å²) in [6.45, 7) is 3.67. The summed E-state index contributed by atoms with van der Waals surface area (Å²) < 4.78 is 42.3. The van der Waals surface area contributed by atoms with Crippen molar-refractivity contribution in [2.75, 3.05) is 11.9 Å². The number of carbonyl (C=O) groups is 1. The van der Waals surface area contributed by atoms with E-state index >= 15 is 0 Å². The zero-order valence-electron chi connectivity index (χ0n) is 11.8. The number of alkyl halides is 3. The third-order valence-corrected chi connectivity index (χ3v) is 3.62. The monoisotopic (exact) mass is 330 g/mol. The Bertz CT molecular complexity index is 666. The molecule has 22 heavy (non-hydrogen) atoms. The van der Waals surface area contributed by atoms with Gasteiger partial charge in [0.2, 0.25) is 0 Å². The second-order valence-electron chi connectivity index (χ2n) is 4.34. The summed E-state index contributed by atoms with van der Waals surface area (Å²) in [4.78, 5) is 16.4. The van der Waals surface area contributed by atoms with E-state index in [0.29, 0.717) is 15.7 Å². The lowest BCUT2D eigenvalue weighted by Gasteiger charge is -2.07. The van der Waals surface area contributed by atoms with Crippen molar-refractivity contribution < 1.29 is 22.7 Å². The van der Waals surface area contributed by atoms with Gasteiger partial charge in [0, 0.05) is 10.6 Å². The average Bonchev–Trinajstić information content (AvgIpc) is 2.79. The van der Waals surface area contributed by atoms with E-state index in [9.17, 15) is 18.0 Å². The van der Waals surface area contributed by atoms with E-state index < -0.39 is 17.7 Å². The highest BCUT2D eigenvalue weighted by Gasteiger charge is 2.30. The first-order valence-electron chi connectivity index (χ1n) is 6.40. The standard InChI is InChI=1S/C14H13F3N2O2S/c1-3-21-12(20)11-8(2)22-13(19-11)18-10-6-4-9(5-7-10)14(15,16)17/h4-7H,3H2,1-2H3,(H,18,19). The van der Waals surface area contributed by atoms with E-state index in [4.69, 9.17) is 4.74 Å². The van der Waals surface area contributed by atoms with Crippen LogP contribution in [0.2, 0.25) is 0 Å². The van der Waals surface area contributed by atoms with Gasteiger partial charge in [-0.2, -0.15) is 13.2 Å². The van der Waals surface area contributed by atoms with Crippen LogP contribution in [0.4, 0.5) is 24.0 Å². The topological polar surface area (TPSA) is 51.2 Å². The van der Waals surface area contributed by atoms with E-state index in [-0.39, 0.29) is 12.3 Å². The molecule has 0 saturated carbocycles. The smallest absolute Gasteiger partial charge is 0.416 e. The van der Waals surface area contributed by atoms with Crippen LogP contribution in [0, 0.1) is 6.92 Å². The molecular formula is C14H13F3N2O2S. The van der Waals surface area contributed by atoms with Crippen molar-refractivity contribution in [1.29, 1.82) is 0 Å². The molecule has 8 heteroatoms. The van der Waals surface area contributed by atoms with Crippen molar-refractivity contribution in [2.45, 2.75) is 20.0 Å². The highest BCUT2D eigenvalue weighted by Crippen LogP contribution is 2.31. The number of carbonyl (C=O) groups excluding carboxylic acids is 1. The molecule has 1 aromatic heterocycles. The van der Waals surface area contributed by atoms with Crippen LogP contribution >= 0.6 is 11.3 Å². The Morgan fingerprint density at radius 2 is 1.95 bits per heavy atom. The zero-order chi connectivity index (χ0) is 16.3. The Morgan fingerprint density at radius 1 is 1.32 bits per heavy atom. The van der Waals surface area contributed by atoms with Gasteiger partial charge in [0.15, 0.2) is 10.8 Å². The highest BCUT2D eigenvalue weighted by atomic mass is 32.1. The Morgan fingerprint density at radius 3 is 2.50 bits per heavy atom. The second kappa shape index (κ2) is 6.35. The lowest BCUT2D eigenvalue weighted by molar-refractivity contribution is -0.137. The molecule has 0 aliphatic carbocycles. The highest BCUT2D eigenvalue weighted by molar-refractivity contribution is 7.15. The van der Waals surface area contributed by atoms with Crippen molar-refractivity contribution in [3.63, 3.8) is 0 Å². The number of ether oxygens (including phenoxy) is 1. The number of esters is 1. The largest absolute Gasteiger partial charge is 0.461 e. The van der Waals surface area contributed by atoms with Gasteiger partial charge >= 0.3 is 12.1 Å². The van der Waals surface area contributed by atoms with E-state index in [2.05, 4.69) is 10.3 Å². The van der Waals surface area contributed by atoms with Gasteiger partial charge in [0.05, 0.1) is 12.2 Å². The molecule has 2 rings (SSSR count). The summed E-state index contributed by atoms with van der Waals surface area (Å²) in [6.07, 6.45) is -4.37. The molecule has 0 aliphatic rings. The normalized spacial score (nSPS) is 11.3. The van der Waals surface area contributed by atoms with Crippen LogP contribution in [0.15, 0.2) is 24.3 Å². The molecule has 4 nitrogen and oxygen atoms in total. The minimum Gasteiger partial charge on any atom is -0.461 e. The second-order valence-corrected chi connectivity index (χ2v) is 5.55. The maximum absolute atomic E-state index is 12.5. The van der Waals surface area contributed by atoms with Gasteiger partial charge in [-0.05, 0) is 38.1 Å². The van der Waals surface area contributed by atoms with Crippen molar-refractivity contribution in [3.05, 3.63) is 40.4 Å². The number of hydrogen-bond donors (Lipinski definition) is 1. The lowest BCUT2D eigenvalue weighted by Crippen LogP contribution is -2.06. The summed E-state index contributed by atoms with van der Waals surface area (Å²) in [5, 5.41) is 3.29. The molecule has 0 fully saturated rings. The van der Waals surface area contributed by atoms with Crippen molar-refractivity contribution >= 4 is 28.1 Å². The van der Waals surface area contributed by atoms with Gasteiger partial charge in [-0.25, -0.2) is 9.78 Å². The Kier molecular flexibility index (Phi) is 4.70. The van der Waals surface area contributed by atoms with Crippen LogP contribution in [0.1, 0.15) is 27.9 Å². The predicted molar refractivity (Wildman–Crippen MR) is 77.5 cm³/mol. The van der Waals surface area contributed by atoms with Crippen molar-refractivity contribution in [3.8, 4) is 0 Å². The fourth-order valence-electron chi connectivity index (χ4n) is 1.70. The number of anilines is 2. The van der Waals surface area contributed by atoms with Gasteiger partial charge in [0.1, 0.15) is 0 Å². The van der Waals surface area contributed by atoms with Crippen LogP contribution in [-0.4, -0.2) is 17.6 Å². The van der Waals surface area contributed by atoms with Crippen LogP contribution in [-0.2, 0) is 10.9 Å². The molecule has 0 amide bonds.